The van der Waals surface area contributed by atoms with Crippen LogP contribution in [0.25, 0.3) is 16.8 Å². The van der Waals surface area contributed by atoms with Crippen LogP contribution < -0.4 is 10.8 Å². The van der Waals surface area contributed by atoms with Gasteiger partial charge in [-0.3, -0.25) is 14.8 Å². The molecule has 5 aromatic rings. The summed E-state index contributed by atoms with van der Waals surface area (Å²) in [5.74, 6) is 0.207. The number of hydrogen-bond donors (Lipinski definition) is 4. The van der Waals surface area contributed by atoms with Gasteiger partial charge in [0.25, 0.3) is 0 Å². The first-order valence-electron chi connectivity index (χ1n) is 17.8. The van der Waals surface area contributed by atoms with Gasteiger partial charge in [-0.25, -0.2) is 5.48 Å². The molecule has 1 aliphatic rings. The van der Waals surface area contributed by atoms with Crippen molar-refractivity contribution in [1.82, 2.24) is 31.0 Å². The van der Waals surface area contributed by atoms with Crippen LogP contribution in [0.2, 0.25) is 0 Å². The zero-order valence-corrected chi connectivity index (χ0v) is 30.2. The van der Waals surface area contributed by atoms with Crippen molar-refractivity contribution in [3.05, 3.63) is 125 Å². The van der Waals surface area contributed by atoms with E-state index >= 15 is 0 Å². The Bertz CT molecular complexity index is 1920. The van der Waals surface area contributed by atoms with E-state index in [9.17, 15) is 14.7 Å². The zero-order chi connectivity index (χ0) is 36.8. The summed E-state index contributed by atoms with van der Waals surface area (Å²) in [7, 11) is 0. The van der Waals surface area contributed by atoms with E-state index in [4.69, 9.17) is 14.7 Å². The number of aromatic nitrogens is 4. The third-order valence-corrected chi connectivity index (χ3v) is 10.1. The van der Waals surface area contributed by atoms with Gasteiger partial charge in [-0.05, 0) is 75.4 Å². The molecule has 0 aliphatic carbocycles. The fourth-order valence-electron chi connectivity index (χ4n) is 6.19. The maximum atomic E-state index is 12.5. The highest BCUT2D eigenvalue weighted by molar-refractivity contribution is 7.99. The third kappa shape index (κ3) is 10.8. The van der Waals surface area contributed by atoms with Gasteiger partial charge in [0.1, 0.15) is 0 Å². The molecule has 12 nitrogen and oxygen atoms in total. The molecule has 2 amide bonds. The number of aliphatic hydroxyl groups is 1. The Balaban J connectivity index is 1.11. The fourth-order valence-corrected chi connectivity index (χ4v) is 7.09. The molecule has 1 fully saturated rings. The first-order chi connectivity index (χ1) is 26.0. The van der Waals surface area contributed by atoms with Crippen molar-refractivity contribution in [3.8, 4) is 16.8 Å². The van der Waals surface area contributed by atoms with Crippen LogP contribution in [0.15, 0.2) is 108 Å². The van der Waals surface area contributed by atoms with Crippen LogP contribution in [0.1, 0.15) is 79.6 Å². The summed E-state index contributed by atoms with van der Waals surface area (Å²) in [6.07, 6.45) is 3.39. The van der Waals surface area contributed by atoms with Crippen LogP contribution in [0, 0.1) is 0 Å². The number of nitrogens with one attached hydrogen (secondary N) is 2. The van der Waals surface area contributed by atoms with Crippen molar-refractivity contribution < 1.29 is 29.4 Å². The number of aliphatic hydroxyl groups excluding tert-OH is 1. The van der Waals surface area contributed by atoms with Crippen molar-refractivity contribution >= 4 is 23.6 Å². The van der Waals surface area contributed by atoms with E-state index in [2.05, 4.69) is 39.0 Å². The number of hydroxylamine groups is 1. The Kier molecular flexibility index (Phi) is 13.7. The summed E-state index contributed by atoms with van der Waals surface area (Å²) in [5, 5.41) is 34.2. The Morgan fingerprint density at radius 2 is 1.53 bits per heavy atom. The maximum Gasteiger partial charge on any atom is 0.243 e. The number of para-hydroxylation sites is 1. The van der Waals surface area contributed by atoms with Crippen LogP contribution in [-0.4, -0.2) is 54.2 Å². The van der Waals surface area contributed by atoms with Crippen molar-refractivity contribution in [2.75, 3.05) is 5.75 Å². The molecule has 13 heteroatoms. The van der Waals surface area contributed by atoms with Gasteiger partial charge in [0, 0.05) is 37.1 Å². The molecule has 53 heavy (non-hydrogen) atoms. The predicted molar refractivity (Wildman–Crippen MR) is 200 cm³/mol. The van der Waals surface area contributed by atoms with Gasteiger partial charge in [0.05, 0.1) is 24.5 Å². The molecular formula is C40H44N6O6S. The molecule has 1 aromatic heterocycles. The number of carbonyl (C=O) groups is 2. The van der Waals surface area contributed by atoms with Gasteiger partial charge in [0.2, 0.25) is 17.0 Å². The van der Waals surface area contributed by atoms with Gasteiger partial charge in [-0.15, -0.1) is 5.10 Å². The van der Waals surface area contributed by atoms with E-state index in [1.165, 1.54) is 11.8 Å². The van der Waals surface area contributed by atoms with E-state index in [0.717, 1.165) is 58.3 Å². The normalized spacial score (nSPS) is 17.0. The highest BCUT2D eigenvalue weighted by Crippen LogP contribution is 2.40. The minimum atomic E-state index is -0.628. The Labute approximate surface area is 312 Å². The third-order valence-electron chi connectivity index (χ3n) is 9.05. The summed E-state index contributed by atoms with van der Waals surface area (Å²) >= 11 is 1.54. The molecule has 2 heterocycles. The number of amides is 2. The lowest BCUT2D eigenvalue weighted by Gasteiger charge is -2.36. The summed E-state index contributed by atoms with van der Waals surface area (Å²) in [5.41, 5.74) is 8.26. The Morgan fingerprint density at radius 1 is 0.792 bits per heavy atom. The Morgan fingerprint density at radius 3 is 2.28 bits per heavy atom. The van der Waals surface area contributed by atoms with Crippen LogP contribution in [-0.2, 0) is 32.2 Å². The number of thioether (sulfide) groups is 1. The first kappa shape index (κ1) is 37.8. The van der Waals surface area contributed by atoms with Crippen LogP contribution in [0.3, 0.4) is 0 Å². The van der Waals surface area contributed by atoms with Gasteiger partial charge >= 0.3 is 0 Å². The SMILES string of the molecule is O=C(CCCCCCC(=O)NCc1cccc(-c2cccc(C3OC(CSc4nnnn4-c4ccccc4)CC(c4ccc(CO)cc4)O3)c2)c1)NO. The molecule has 4 N–H and O–H groups in total. The molecular weight excluding hydrogens is 693 g/mol. The van der Waals surface area contributed by atoms with Crippen LogP contribution >= 0.6 is 11.8 Å². The van der Waals surface area contributed by atoms with Crippen molar-refractivity contribution in [3.63, 3.8) is 0 Å². The van der Waals surface area contributed by atoms with Crippen molar-refractivity contribution in [2.45, 2.75) is 81.8 Å². The number of benzene rings is 4. The summed E-state index contributed by atoms with van der Waals surface area (Å²) in [4.78, 5) is 23.6. The van der Waals surface area contributed by atoms with E-state index in [1.54, 1.807) is 10.2 Å². The minimum Gasteiger partial charge on any atom is -0.392 e. The molecule has 0 radical (unpaired) electrons. The van der Waals surface area contributed by atoms with Crippen molar-refractivity contribution in [1.29, 1.82) is 0 Å². The molecule has 0 spiro atoms. The molecule has 276 valence electrons. The summed E-state index contributed by atoms with van der Waals surface area (Å²) < 4.78 is 15.0. The molecule has 0 bridgehead atoms. The number of nitrogens with zero attached hydrogens (tertiary/aromatic N) is 4. The molecule has 6 rings (SSSR count). The maximum absolute atomic E-state index is 12.5. The summed E-state index contributed by atoms with van der Waals surface area (Å²) in [6.45, 7) is 0.394. The summed E-state index contributed by atoms with van der Waals surface area (Å²) in [6, 6.07) is 33.9. The minimum absolute atomic E-state index is 0.0121. The average molecular weight is 737 g/mol. The molecule has 1 aliphatic heterocycles. The monoisotopic (exact) mass is 736 g/mol. The lowest BCUT2D eigenvalue weighted by atomic mass is 9.99. The lowest BCUT2D eigenvalue weighted by molar-refractivity contribution is -0.245. The molecule has 4 aromatic carbocycles. The lowest BCUT2D eigenvalue weighted by Crippen LogP contribution is -2.31. The first-order valence-corrected chi connectivity index (χ1v) is 18.8. The largest absolute Gasteiger partial charge is 0.392 e. The average Bonchev–Trinajstić information content (AvgIpc) is 3.69. The second-order valence-corrected chi connectivity index (χ2v) is 13.9. The highest BCUT2D eigenvalue weighted by atomic mass is 32.2. The van der Waals surface area contributed by atoms with E-state index in [0.29, 0.717) is 36.7 Å². The van der Waals surface area contributed by atoms with E-state index in [1.807, 2.05) is 84.9 Å². The second kappa shape index (κ2) is 19.2. The van der Waals surface area contributed by atoms with Crippen LogP contribution in [0.4, 0.5) is 0 Å². The quantitative estimate of drug-likeness (QED) is 0.0354. The van der Waals surface area contributed by atoms with Gasteiger partial charge in [-0.2, -0.15) is 4.68 Å². The van der Waals surface area contributed by atoms with E-state index < -0.39 is 6.29 Å². The standard InChI is InChI=1S/C40H44N6O6S/c47-26-28-18-20-30(21-19-28)36-24-35(27-53-40-42-44-45-46(40)34-14-4-3-5-15-34)51-39(52-36)33-13-9-12-32(23-33)31-11-8-10-29(22-31)25-41-37(48)16-6-1-2-7-17-38(49)43-50/h3-5,8-15,18-23,35-36,39,47,50H,1-2,6-7,16-17,24-27H2,(H,41,48)(H,43,49). The van der Waals surface area contributed by atoms with Gasteiger partial charge < -0.3 is 19.9 Å². The van der Waals surface area contributed by atoms with Gasteiger partial charge in [0.15, 0.2) is 6.29 Å². The number of carbonyl (C=O) groups excluding carboxylic acids is 2. The smallest absolute Gasteiger partial charge is 0.243 e. The molecule has 3 atom stereocenters. The Hall–Kier alpha value is -4.92. The van der Waals surface area contributed by atoms with E-state index in [-0.39, 0.29) is 37.0 Å². The number of hydrogen-bond acceptors (Lipinski definition) is 10. The number of unbranched alkanes of at least 4 members (excludes halogenated alkanes) is 3. The van der Waals surface area contributed by atoms with Gasteiger partial charge in [-0.1, -0.05) is 103 Å². The predicted octanol–water partition coefficient (Wildman–Crippen LogP) is 6.62. The molecule has 1 saturated heterocycles. The zero-order valence-electron chi connectivity index (χ0n) is 29.3. The topological polar surface area (TPSA) is 161 Å². The van der Waals surface area contributed by atoms with Crippen LogP contribution in [0.5, 0.6) is 0 Å². The number of ether oxygens (including phenoxy) is 2. The van der Waals surface area contributed by atoms with Crippen molar-refractivity contribution in [2.24, 2.45) is 0 Å². The molecule has 3 unspecified atom stereocenters. The molecule has 0 saturated carbocycles. The fraction of sp³-hybridized carbons (Fsp3) is 0.325. The number of tetrazole rings is 1. The second-order valence-electron chi connectivity index (χ2n) is 12.9. The highest BCUT2D eigenvalue weighted by Gasteiger charge is 2.33. The number of rotatable bonds is 17.